The van der Waals surface area contributed by atoms with Gasteiger partial charge in [0.1, 0.15) is 12.4 Å². The number of carbonyl (C=O) groups excluding carboxylic acids is 2. The Morgan fingerprint density at radius 1 is 1.18 bits per heavy atom. The van der Waals surface area contributed by atoms with E-state index in [1.54, 1.807) is 19.1 Å². The number of esters is 1. The van der Waals surface area contributed by atoms with Gasteiger partial charge in [0.05, 0.1) is 11.4 Å². The van der Waals surface area contributed by atoms with Crippen molar-refractivity contribution >= 4 is 27.5 Å². The van der Waals surface area contributed by atoms with Crippen molar-refractivity contribution in [3.63, 3.8) is 0 Å². The molecule has 1 aromatic heterocycles. The number of hydrogen-bond acceptors (Lipinski definition) is 8. The normalized spacial score (nSPS) is 13.1. The second kappa shape index (κ2) is 9.21. The fourth-order valence-corrected chi connectivity index (χ4v) is 4.66. The summed E-state index contributed by atoms with van der Waals surface area (Å²) in [5, 5.41) is 3.88. The van der Waals surface area contributed by atoms with Crippen molar-refractivity contribution in [1.82, 2.24) is 9.78 Å². The zero-order valence-corrected chi connectivity index (χ0v) is 18.9. The summed E-state index contributed by atoms with van der Waals surface area (Å²) < 4.78 is 49.4. The number of anilines is 1. The zero-order chi connectivity index (χ0) is 24.5. The molecule has 0 bridgehead atoms. The highest BCUT2D eigenvalue weighted by Crippen LogP contribution is 2.31. The second-order valence-electron chi connectivity index (χ2n) is 7.49. The lowest BCUT2D eigenvalue weighted by Crippen LogP contribution is -2.30. The number of halogens is 1. The van der Waals surface area contributed by atoms with Crippen molar-refractivity contribution in [2.75, 3.05) is 23.2 Å². The summed E-state index contributed by atoms with van der Waals surface area (Å²) in [7, 11) is -3.40. The van der Waals surface area contributed by atoms with Crippen LogP contribution in [0.1, 0.15) is 22.8 Å². The topological polar surface area (TPSA) is 129 Å². The van der Waals surface area contributed by atoms with E-state index in [9.17, 15) is 27.2 Å². The van der Waals surface area contributed by atoms with Crippen LogP contribution in [0, 0.1) is 5.82 Å². The molecule has 1 aliphatic heterocycles. The van der Waals surface area contributed by atoms with Gasteiger partial charge in [0.25, 0.3) is 0 Å². The Morgan fingerprint density at radius 2 is 1.91 bits per heavy atom. The average Bonchev–Trinajstić information content (AvgIpc) is 3.41. The summed E-state index contributed by atoms with van der Waals surface area (Å²) >= 11 is 0. The standard InChI is InChI=1S/C22H20FN3O7S/c1-2-34(30,31)26-10-9-15-11-16(5-8-18(15)26)19(27)13-32-20(28)12-25-22(29)33-21(24-25)14-3-6-17(23)7-4-14/h3-8,11H,2,9-10,12-13H2,1H3. The van der Waals surface area contributed by atoms with Crippen LogP contribution >= 0.6 is 0 Å². The van der Waals surface area contributed by atoms with E-state index in [4.69, 9.17) is 9.15 Å². The Balaban J connectivity index is 1.37. The molecule has 2 heterocycles. The fraction of sp³-hybridized carbons (Fsp3) is 0.273. The van der Waals surface area contributed by atoms with Crippen molar-refractivity contribution in [2.45, 2.75) is 19.9 Å². The molecule has 0 saturated carbocycles. The van der Waals surface area contributed by atoms with Crippen LogP contribution in [0.3, 0.4) is 0 Å². The molecule has 0 spiro atoms. The first-order valence-corrected chi connectivity index (χ1v) is 11.9. The minimum atomic E-state index is -3.40. The van der Waals surface area contributed by atoms with Crippen molar-refractivity contribution in [3.8, 4) is 11.5 Å². The van der Waals surface area contributed by atoms with Crippen LogP contribution in [-0.4, -0.2) is 48.9 Å². The molecular weight excluding hydrogens is 469 g/mol. The second-order valence-corrected chi connectivity index (χ2v) is 9.67. The molecule has 1 aliphatic rings. The van der Waals surface area contributed by atoms with Crippen molar-refractivity contribution in [1.29, 1.82) is 0 Å². The quantitative estimate of drug-likeness (QED) is 0.346. The number of sulfonamides is 1. The molecule has 2 aromatic carbocycles. The van der Waals surface area contributed by atoms with Crippen LogP contribution in [0.2, 0.25) is 0 Å². The SMILES string of the molecule is CCS(=O)(=O)N1CCc2cc(C(=O)COC(=O)Cn3nc(-c4ccc(F)cc4)oc3=O)ccc21. The Bertz CT molecular complexity index is 1410. The predicted octanol–water partition coefficient (Wildman–Crippen LogP) is 1.78. The van der Waals surface area contributed by atoms with Gasteiger partial charge < -0.3 is 9.15 Å². The third kappa shape index (κ3) is 4.76. The minimum Gasteiger partial charge on any atom is -0.456 e. The summed E-state index contributed by atoms with van der Waals surface area (Å²) in [4.78, 5) is 36.5. The Hall–Kier alpha value is -3.80. The van der Waals surface area contributed by atoms with Crippen LogP contribution < -0.4 is 10.1 Å². The van der Waals surface area contributed by atoms with Crippen LogP contribution in [0.15, 0.2) is 51.7 Å². The smallest absolute Gasteiger partial charge is 0.437 e. The Morgan fingerprint density at radius 3 is 2.62 bits per heavy atom. The Labute approximate surface area is 193 Å². The maximum Gasteiger partial charge on any atom is 0.437 e. The maximum absolute atomic E-state index is 13.0. The molecule has 12 heteroatoms. The third-order valence-corrected chi connectivity index (χ3v) is 7.08. The predicted molar refractivity (Wildman–Crippen MR) is 118 cm³/mol. The fourth-order valence-electron chi connectivity index (χ4n) is 3.50. The molecule has 0 amide bonds. The lowest BCUT2D eigenvalue weighted by atomic mass is 10.1. The van der Waals surface area contributed by atoms with Gasteiger partial charge in [-0.1, -0.05) is 0 Å². The number of hydrogen-bond donors (Lipinski definition) is 0. The highest BCUT2D eigenvalue weighted by atomic mass is 32.2. The van der Waals surface area contributed by atoms with E-state index in [0.717, 1.165) is 10.2 Å². The van der Waals surface area contributed by atoms with Crippen LogP contribution in [0.4, 0.5) is 10.1 Å². The highest BCUT2D eigenvalue weighted by Gasteiger charge is 2.28. The Kier molecular flexibility index (Phi) is 6.33. The van der Waals surface area contributed by atoms with Gasteiger partial charge in [-0.3, -0.25) is 13.9 Å². The van der Waals surface area contributed by atoms with Gasteiger partial charge in [0.2, 0.25) is 15.9 Å². The maximum atomic E-state index is 13.0. The summed E-state index contributed by atoms with van der Waals surface area (Å²) in [6.07, 6.45) is 0.473. The lowest BCUT2D eigenvalue weighted by Gasteiger charge is -2.18. The first kappa shape index (κ1) is 23.4. The van der Waals surface area contributed by atoms with Crippen LogP contribution in [-0.2, 0) is 32.5 Å². The van der Waals surface area contributed by atoms with Gasteiger partial charge in [-0.25, -0.2) is 17.6 Å². The number of benzene rings is 2. The third-order valence-electron chi connectivity index (χ3n) is 5.30. The average molecular weight is 489 g/mol. The van der Waals surface area contributed by atoms with Crippen LogP contribution in [0.25, 0.3) is 11.5 Å². The molecular formula is C22H20FN3O7S. The van der Waals surface area contributed by atoms with Gasteiger partial charge in [0.15, 0.2) is 12.4 Å². The summed E-state index contributed by atoms with van der Waals surface area (Å²) in [5.74, 6) is -2.85. The van der Waals surface area contributed by atoms with Crippen molar-refractivity contribution in [3.05, 3.63) is 70.0 Å². The molecule has 10 nitrogen and oxygen atoms in total. The number of nitrogens with zero attached hydrogens (tertiary/aromatic N) is 3. The molecule has 0 N–H and O–H groups in total. The molecule has 3 aromatic rings. The molecule has 0 saturated heterocycles. The van der Waals surface area contributed by atoms with E-state index in [1.165, 1.54) is 34.6 Å². The number of rotatable bonds is 8. The van der Waals surface area contributed by atoms with Gasteiger partial charge >= 0.3 is 11.7 Å². The van der Waals surface area contributed by atoms with E-state index in [0.29, 0.717) is 24.2 Å². The van der Waals surface area contributed by atoms with E-state index in [2.05, 4.69) is 5.10 Å². The molecule has 0 radical (unpaired) electrons. The highest BCUT2D eigenvalue weighted by molar-refractivity contribution is 7.92. The molecule has 0 fully saturated rings. The first-order chi connectivity index (χ1) is 16.2. The largest absolute Gasteiger partial charge is 0.456 e. The molecule has 178 valence electrons. The number of fused-ring (bicyclic) bond motifs is 1. The van der Waals surface area contributed by atoms with Crippen LogP contribution in [0.5, 0.6) is 0 Å². The lowest BCUT2D eigenvalue weighted by molar-refractivity contribution is -0.143. The zero-order valence-electron chi connectivity index (χ0n) is 18.1. The number of carbonyl (C=O) groups is 2. The number of ketones is 1. The van der Waals surface area contributed by atoms with E-state index in [-0.39, 0.29) is 17.2 Å². The summed E-state index contributed by atoms with van der Waals surface area (Å²) in [6.45, 7) is 0.734. The molecule has 0 aliphatic carbocycles. The van der Waals surface area contributed by atoms with E-state index in [1.807, 2.05) is 0 Å². The number of ether oxygens (including phenoxy) is 1. The number of Topliss-reactive ketones (excluding diaryl/α,β-unsaturated/α-hetero) is 1. The summed E-state index contributed by atoms with van der Waals surface area (Å²) in [5.41, 5.74) is 1.89. The van der Waals surface area contributed by atoms with E-state index < -0.39 is 46.5 Å². The van der Waals surface area contributed by atoms with Gasteiger partial charge in [0, 0.05) is 17.7 Å². The molecule has 4 rings (SSSR count). The van der Waals surface area contributed by atoms with Gasteiger partial charge in [-0.15, -0.1) is 5.10 Å². The molecule has 0 atom stereocenters. The first-order valence-electron chi connectivity index (χ1n) is 10.3. The molecule has 0 unspecified atom stereocenters. The van der Waals surface area contributed by atoms with Crippen molar-refractivity contribution in [2.24, 2.45) is 0 Å². The molecule has 34 heavy (non-hydrogen) atoms. The minimum absolute atomic E-state index is 0.0247. The van der Waals surface area contributed by atoms with Gasteiger partial charge in [-0.05, 0) is 61.4 Å². The van der Waals surface area contributed by atoms with E-state index >= 15 is 0 Å². The summed E-state index contributed by atoms with van der Waals surface area (Å²) in [6, 6.07) is 9.73. The van der Waals surface area contributed by atoms with Crippen molar-refractivity contribution < 1.29 is 31.6 Å². The van der Waals surface area contributed by atoms with Gasteiger partial charge in [-0.2, -0.15) is 4.68 Å². The monoisotopic (exact) mass is 489 g/mol. The number of aromatic nitrogens is 2.